The highest BCUT2D eigenvalue weighted by molar-refractivity contribution is 6.40. The Kier molecular flexibility index (Phi) is 4.28. The third-order valence-corrected chi connectivity index (χ3v) is 9.83. The topological polar surface area (TPSA) is 128 Å². The van der Waals surface area contributed by atoms with Crippen LogP contribution in [-0.2, 0) is 9.59 Å². The van der Waals surface area contributed by atoms with Gasteiger partial charge in [0.15, 0.2) is 5.65 Å². The number of aliphatic hydroxyl groups is 1. The van der Waals surface area contributed by atoms with Crippen molar-refractivity contribution in [1.29, 1.82) is 0 Å². The SMILES string of the molecule is O=C(Nc1[nH]n(C2[C@@H]3CC4C[C@H]2CC(O)(C4)C3)c2c1cnc1nccc12)C(=O)NC1CN2CC[C@@H]1C2. The maximum absolute atomic E-state index is 13.0. The molecule has 0 spiro atoms. The fourth-order valence-corrected chi connectivity index (χ4v) is 8.67. The number of hydrogen-bond acceptors (Lipinski definition) is 6. The molecule has 4 saturated carbocycles. The maximum Gasteiger partial charge on any atom is 0.314 e. The first-order chi connectivity index (χ1) is 17.4. The summed E-state index contributed by atoms with van der Waals surface area (Å²) < 4.78 is 2.19. The van der Waals surface area contributed by atoms with Crippen LogP contribution in [0.15, 0.2) is 18.5 Å². The van der Waals surface area contributed by atoms with Gasteiger partial charge in [-0.1, -0.05) is 0 Å². The fourth-order valence-electron chi connectivity index (χ4n) is 8.67. The van der Waals surface area contributed by atoms with Gasteiger partial charge < -0.3 is 20.6 Å². The van der Waals surface area contributed by atoms with E-state index >= 15 is 0 Å². The molecule has 10 heteroatoms. The molecule has 2 saturated heterocycles. The van der Waals surface area contributed by atoms with Gasteiger partial charge in [-0.05, 0) is 74.8 Å². The molecule has 2 amide bonds. The number of nitrogens with one attached hydrogen (secondary N) is 3. The van der Waals surface area contributed by atoms with E-state index in [2.05, 4.69) is 35.3 Å². The molecule has 9 rings (SSSR count). The number of fused-ring (bicyclic) bond motifs is 5. The highest BCUT2D eigenvalue weighted by Crippen LogP contribution is 2.60. The van der Waals surface area contributed by atoms with Gasteiger partial charge in [0.05, 0.1) is 22.5 Å². The molecule has 5 heterocycles. The Labute approximate surface area is 207 Å². The van der Waals surface area contributed by atoms with Crippen molar-refractivity contribution in [2.75, 3.05) is 25.0 Å². The monoisotopic (exact) mass is 489 g/mol. The van der Waals surface area contributed by atoms with E-state index in [0.717, 1.165) is 74.4 Å². The lowest BCUT2D eigenvalue weighted by Gasteiger charge is -2.58. The van der Waals surface area contributed by atoms with Crippen LogP contribution in [0, 0.1) is 23.7 Å². The number of hydrogen-bond donors (Lipinski definition) is 4. The molecule has 2 aliphatic heterocycles. The Balaban J connectivity index is 1.14. The van der Waals surface area contributed by atoms with Crippen LogP contribution >= 0.6 is 0 Å². The Hall–Kier alpha value is -2.98. The third kappa shape index (κ3) is 3.03. The van der Waals surface area contributed by atoms with Crippen molar-refractivity contribution < 1.29 is 14.7 Å². The van der Waals surface area contributed by atoms with Crippen molar-refractivity contribution in [3.05, 3.63) is 18.5 Å². The number of anilines is 1. The first-order valence-electron chi connectivity index (χ1n) is 13.3. The van der Waals surface area contributed by atoms with Gasteiger partial charge in [-0.2, -0.15) is 0 Å². The average molecular weight is 490 g/mol. The van der Waals surface area contributed by atoms with E-state index in [1.807, 2.05) is 6.07 Å². The molecular weight excluding hydrogens is 458 g/mol. The number of rotatable bonds is 3. The maximum atomic E-state index is 13.0. The minimum atomic E-state index is -0.664. The lowest BCUT2D eigenvalue weighted by atomic mass is 9.52. The van der Waals surface area contributed by atoms with Crippen molar-refractivity contribution in [3.63, 3.8) is 0 Å². The van der Waals surface area contributed by atoms with E-state index in [-0.39, 0.29) is 12.1 Å². The standard InChI is InChI=1S/C26H31N7O3/c34-24(29-19-12-32-4-2-14(19)11-32)25(35)30-23-18-10-28-22-17(1-3-27-22)21(18)33(31-23)20-15-5-13-6-16(20)9-26(36,7-13)8-15/h1,3,10,13-16,19-20,31,36H,2,4-9,11-12H2,(H,29,34)(H,30,35)/t13?,14-,15-,16+,19?,20?,26?/m1/s1. The number of piperidine rings is 1. The van der Waals surface area contributed by atoms with Crippen molar-refractivity contribution in [3.8, 4) is 0 Å². The molecule has 6 bridgehead atoms. The van der Waals surface area contributed by atoms with Gasteiger partial charge in [0.25, 0.3) is 0 Å². The minimum absolute atomic E-state index is 0.0397. The van der Waals surface area contributed by atoms with Gasteiger partial charge in [-0.15, -0.1) is 0 Å². The van der Waals surface area contributed by atoms with Crippen LogP contribution in [0.2, 0.25) is 0 Å². The summed E-state index contributed by atoms with van der Waals surface area (Å²) in [5.41, 5.74) is 1.10. The zero-order valence-electron chi connectivity index (χ0n) is 20.1. The molecule has 8 atom stereocenters. The molecule has 3 aromatic heterocycles. The van der Waals surface area contributed by atoms with Crippen LogP contribution in [0.5, 0.6) is 0 Å². The largest absolute Gasteiger partial charge is 0.390 e. The van der Waals surface area contributed by atoms with Gasteiger partial charge in [0.1, 0.15) is 5.82 Å². The molecular formula is C26H31N7O3. The van der Waals surface area contributed by atoms with Gasteiger partial charge in [0.2, 0.25) is 0 Å². The summed E-state index contributed by atoms with van der Waals surface area (Å²) >= 11 is 0. The summed E-state index contributed by atoms with van der Waals surface area (Å²) in [5, 5.41) is 22.1. The van der Waals surface area contributed by atoms with E-state index < -0.39 is 17.4 Å². The summed E-state index contributed by atoms with van der Waals surface area (Å²) in [4.78, 5) is 37.1. The second-order valence-electron chi connectivity index (χ2n) is 12.1. The highest BCUT2D eigenvalue weighted by Gasteiger charge is 2.55. The molecule has 5 unspecified atom stereocenters. The number of carbonyl (C=O) groups is 2. The van der Waals surface area contributed by atoms with Gasteiger partial charge in [0, 0.05) is 36.9 Å². The van der Waals surface area contributed by atoms with E-state index in [9.17, 15) is 14.7 Å². The number of carbonyl (C=O) groups excluding carboxylic acids is 2. The van der Waals surface area contributed by atoms with Gasteiger partial charge in [-0.3, -0.25) is 19.4 Å². The Morgan fingerprint density at radius 1 is 1.06 bits per heavy atom. The molecule has 3 aromatic rings. The van der Waals surface area contributed by atoms with Crippen molar-refractivity contribution >= 4 is 39.6 Å². The second-order valence-corrected chi connectivity index (χ2v) is 12.1. The molecule has 188 valence electrons. The van der Waals surface area contributed by atoms with E-state index in [0.29, 0.717) is 35.1 Å². The molecule has 10 nitrogen and oxygen atoms in total. The smallest absolute Gasteiger partial charge is 0.314 e. The number of pyridine rings is 1. The number of aromatic nitrogens is 4. The molecule has 36 heavy (non-hydrogen) atoms. The zero-order valence-corrected chi connectivity index (χ0v) is 20.1. The number of nitrogens with zero attached hydrogens (tertiary/aromatic N) is 4. The zero-order chi connectivity index (χ0) is 24.2. The summed E-state index contributed by atoms with van der Waals surface area (Å²) in [6.45, 7) is 2.90. The molecule has 0 radical (unpaired) electrons. The van der Waals surface area contributed by atoms with Crippen LogP contribution < -0.4 is 10.6 Å². The molecule has 4 aliphatic carbocycles. The fraction of sp³-hybridized carbons (Fsp3) is 0.615. The lowest BCUT2D eigenvalue weighted by molar-refractivity contribution is -0.148. The highest BCUT2D eigenvalue weighted by atomic mass is 16.3. The minimum Gasteiger partial charge on any atom is -0.390 e. The Morgan fingerprint density at radius 2 is 1.89 bits per heavy atom. The van der Waals surface area contributed by atoms with E-state index in [4.69, 9.17) is 0 Å². The first kappa shape index (κ1) is 21.1. The lowest BCUT2D eigenvalue weighted by Crippen LogP contribution is -2.55. The molecule has 6 aliphatic rings. The number of amides is 2. The summed E-state index contributed by atoms with van der Waals surface area (Å²) in [5.74, 6) is 1.01. The molecule has 6 fully saturated rings. The quantitative estimate of drug-likeness (QED) is 0.415. The Morgan fingerprint density at radius 3 is 2.61 bits per heavy atom. The van der Waals surface area contributed by atoms with Gasteiger partial charge in [-0.25, -0.2) is 9.97 Å². The molecule has 0 aromatic carbocycles. The van der Waals surface area contributed by atoms with Crippen LogP contribution in [0.25, 0.3) is 21.9 Å². The normalized spacial score (nSPS) is 38.3. The second kappa shape index (κ2) is 7.29. The van der Waals surface area contributed by atoms with Crippen LogP contribution in [0.3, 0.4) is 0 Å². The summed E-state index contributed by atoms with van der Waals surface area (Å²) in [6.07, 6.45) is 9.36. The van der Waals surface area contributed by atoms with Crippen LogP contribution in [-0.4, -0.2) is 72.8 Å². The predicted molar refractivity (Wildman–Crippen MR) is 132 cm³/mol. The summed E-state index contributed by atoms with van der Waals surface area (Å²) in [6, 6.07) is 2.20. The predicted octanol–water partition coefficient (Wildman–Crippen LogP) is 1.78. The van der Waals surface area contributed by atoms with E-state index in [1.54, 1.807) is 12.4 Å². The summed E-state index contributed by atoms with van der Waals surface area (Å²) in [7, 11) is 0. The number of aromatic amines is 1. The number of H-pyrrole nitrogens is 1. The van der Waals surface area contributed by atoms with Gasteiger partial charge >= 0.3 is 11.8 Å². The van der Waals surface area contributed by atoms with E-state index in [1.165, 1.54) is 0 Å². The first-order valence-corrected chi connectivity index (χ1v) is 13.3. The average Bonchev–Trinajstić information content (AvgIpc) is 3.61. The Bertz CT molecular complexity index is 1400. The van der Waals surface area contributed by atoms with Crippen LogP contribution in [0.1, 0.15) is 44.6 Å². The molecule has 4 N–H and O–H groups in total. The van der Waals surface area contributed by atoms with Crippen molar-refractivity contribution in [2.24, 2.45) is 23.7 Å². The van der Waals surface area contributed by atoms with Crippen molar-refractivity contribution in [1.82, 2.24) is 30.0 Å². The van der Waals surface area contributed by atoms with Crippen LogP contribution in [0.4, 0.5) is 5.82 Å². The third-order valence-electron chi connectivity index (χ3n) is 9.83. The van der Waals surface area contributed by atoms with Crippen molar-refractivity contribution in [2.45, 2.75) is 56.2 Å².